The van der Waals surface area contributed by atoms with E-state index in [0.29, 0.717) is 12.8 Å². The number of aliphatic hydroxyl groups is 2. The molecule has 0 saturated heterocycles. The Balaban J connectivity index is -0.000000256. The van der Waals surface area contributed by atoms with Crippen LogP contribution in [0, 0.1) is 0 Å². The van der Waals surface area contributed by atoms with Crippen LogP contribution in [-0.2, 0) is 9.59 Å². The monoisotopic (exact) mass is 286 g/mol. The van der Waals surface area contributed by atoms with E-state index in [2.05, 4.69) is 0 Å². The molecule has 6 nitrogen and oxygen atoms in total. The zero-order valence-corrected chi connectivity index (χ0v) is 13.0. The van der Waals surface area contributed by atoms with Crippen LogP contribution in [0.4, 0.5) is 0 Å². The molecule has 0 aliphatic heterocycles. The maximum Gasteiger partial charge on any atom is 2.00 e. The molecule has 0 heterocycles. The number of hydrogen-bond donors (Lipinski definition) is 2. The molecule has 0 aliphatic rings. The van der Waals surface area contributed by atoms with Gasteiger partial charge in [-0.2, -0.15) is 0 Å². The van der Waals surface area contributed by atoms with Gasteiger partial charge in [0.2, 0.25) is 0 Å². The zero-order valence-electron chi connectivity index (χ0n) is 11.6. The second kappa shape index (κ2) is 15.7. The summed E-state index contributed by atoms with van der Waals surface area (Å²) in [5.41, 5.74) is 0. The van der Waals surface area contributed by atoms with E-state index >= 15 is 0 Å². The van der Waals surface area contributed by atoms with Crippen molar-refractivity contribution >= 4 is 35.0 Å². The average molecular weight is 287 g/mol. The molecule has 0 radical (unpaired) electrons. The van der Waals surface area contributed by atoms with Gasteiger partial charge in [0.1, 0.15) is 0 Å². The van der Waals surface area contributed by atoms with Gasteiger partial charge in [-0.1, -0.05) is 39.5 Å². The van der Waals surface area contributed by atoms with Crippen molar-refractivity contribution in [2.75, 3.05) is 0 Å². The second-order valence-electron chi connectivity index (χ2n) is 3.95. The van der Waals surface area contributed by atoms with Crippen LogP contribution in [0.2, 0.25) is 0 Å². The van der Waals surface area contributed by atoms with E-state index in [9.17, 15) is 19.8 Å². The van der Waals surface area contributed by atoms with Crippen molar-refractivity contribution in [1.82, 2.24) is 0 Å². The molecule has 19 heavy (non-hydrogen) atoms. The summed E-state index contributed by atoms with van der Waals surface area (Å²) in [4.78, 5) is 19.7. The van der Waals surface area contributed by atoms with Crippen LogP contribution in [0.3, 0.4) is 0 Å². The van der Waals surface area contributed by atoms with E-state index in [1.807, 2.05) is 13.8 Å². The van der Waals surface area contributed by atoms with Crippen LogP contribution in [0.15, 0.2) is 0 Å². The molecular weight excluding hydrogens is 264 g/mol. The number of unbranched alkanes of at least 4 members (excludes halogenated alkanes) is 2. The van der Waals surface area contributed by atoms with Crippen molar-refractivity contribution in [1.29, 1.82) is 0 Å². The third-order valence-corrected chi connectivity index (χ3v) is 2.21. The van der Waals surface area contributed by atoms with Crippen molar-refractivity contribution in [3.63, 3.8) is 0 Å². The smallest absolute Gasteiger partial charge is 0.547 e. The molecule has 2 unspecified atom stereocenters. The third-order valence-electron chi connectivity index (χ3n) is 2.21. The molecule has 0 aliphatic carbocycles. The van der Waals surface area contributed by atoms with Crippen LogP contribution >= 0.6 is 0 Å². The van der Waals surface area contributed by atoms with Crippen molar-refractivity contribution in [2.24, 2.45) is 0 Å². The Labute approximate surface area is 130 Å². The van der Waals surface area contributed by atoms with Crippen LogP contribution in [0.1, 0.15) is 52.4 Å². The molecule has 2 atom stereocenters. The van der Waals surface area contributed by atoms with Gasteiger partial charge in [-0.3, -0.25) is 0 Å². The number of hydrogen-bond acceptors (Lipinski definition) is 6. The summed E-state index contributed by atoms with van der Waals surface area (Å²) in [5.74, 6) is -2.74. The summed E-state index contributed by atoms with van der Waals surface area (Å²) in [7, 11) is 0. The maximum absolute atomic E-state index is 9.84. The van der Waals surface area contributed by atoms with Crippen molar-refractivity contribution in [3.8, 4) is 0 Å². The summed E-state index contributed by atoms with van der Waals surface area (Å²) in [6.07, 6.45) is 1.31. The van der Waals surface area contributed by atoms with Crippen molar-refractivity contribution in [2.45, 2.75) is 64.6 Å². The third kappa shape index (κ3) is 17.6. The normalized spacial score (nSPS) is 12.4. The molecule has 2 N–H and O–H groups in total. The molecule has 0 aromatic rings. The summed E-state index contributed by atoms with van der Waals surface area (Å²) >= 11 is 0. The standard InChI is InChI=1S/2C6H12O3.Mg/c2*1-2-3-4-5(7)6(8)9;/h2*5,7H,2-4H2,1H3,(H,8,9);/q;;+2/p-2. The Morgan fingerprint density at radius 3 is 1.32 bits per heavy atom. The second-order valence-corrected chi connectivity index (χ2v) is 3.95. The van der Waals surface area contributed by atoms with Gasteiger partial charge in [0, 0.05) is 0 Å². The van der Waals surface area contributed by atoms with E-state index < -0.39 is 24.1 Å². The number of rotatable bonds is 8. The topological polar surface area (TPSA) is 121 Å². The summed E-state index contributed by atoms with van der Waals surface area (Å²) < 4.78 is 0. The molecule has 0 saturated carbocycles. The summed E-state index contributed by atoms with van der Waals surface area (Å²) in [5, 5.41) is 36.9. The number of aliphatic hydroxyl groups excluding tert-OH is 2. The van der Waals surface area contributed by atoms with Gasteiger partial charge >= 0.3 is 23.1 Å². The Hall–Kier alpha value is -0.374. The first-order chi connectivity index (χ1) is 8.36. The zero-order chi connectivity index (χ0) is 14.6. The molecule has 0 amide bonds. The first kappa shape index (κ1) is 23.7. The largest absolute Gasteiger partial charge is 2.00 e. The van der Waals surface area contributed by atoms with E-state index in [1.54, 1.807) is 0 Å². The summed E-state index contributed by atoms with van der Waals surface area (Å²) in [6.45, 7) is 3.87. The Morgan fingerprint density at radius 1 is 0.895 bits per heavy atom. The number of carbonyl (C=O) groups is 2. The number of aliphatic carboxylic acids is 2. The molecule has 0 rings (SSSR count). The van der Waals surface area contributed by atoms with Gasteiger partial charge in [-0.05, 0) is 12.8 Å². The van der Waals surface area contributed by atoms with Crippen LogP contribution < -0.4 is 10.2 Å². The van der Waals surface area contributed by atoms with Gasteiger partial charge < -0.3 is 30.0 Å². The Kier molecular flexibility index (Phi) is 19.6. The fourth-order valence-corrected chi connectivity index (χ4v) is 1.03. The first-order valence-electron chi connectivity index (χ1n) is 6.14. The first-order valence-corrected chi connectivity index (χ1v) is 6.14. The minimum absolute atomic E-state index is 0. The molecule has 0 fully saturated rings. The van der Waals surface area contributed by atoms with Gasteiger partial charge in [0.15, 0.2) is 0 Å². The number of carboxylic acids is 2. The van der Waals surface area contributed by atoms with Crippen LogP contribution in [-0.4, -0.2) is 57.4 Å². The van der Waals surface area contributed by atoms with E-state index in [0.717, 1.165) is 25.7 Å². The summed E-state index contributed by atoms with van der Waals surface area (Å²) in [6, 6.07) is 0. The molecule has 0 spiro atoms. The Morgan fingerprint density at radius 2 is 1.16 bits per heavy atom. The van der Waals surface area contributed by atoms with Crippen molar-refractivity contribution in [3.05, 3.63) is 0 Å². The molecule has 0 aromatic carbocycles. The fraction of sp³-hybridized carbons (Fsp3) is 0.833. The van der Waals surface area contributed by atoms with Gasteiger partial charge in [0.25, 0.3) is 0 Å². The predicted molar refractivity (Wildman–Crippen MR) is 66.8 cm³/mol. The van der Waals surface area contributed by atoms with Crippen LogP contribution in [0.25, 0.3) is 0 Å². The fourth-order valence-electron chi connectivity index (χ4n) is 1.03. The molecular formula is C12H22MgO6. The molecule has 108 valence electrons. The van der Waals surface area contributed by atoms with Gasteiger partial charge in [0.05, 0.1) is 24.1 Å². The number of carbonyl (C=O) groups excluding carboxylic acids is 2. The van der Waals surface area contributed by atoms with Gasteiger partial charge in [-0.15, -0.1) is 0 Å². The minimum atomic E-state index is -1.37. The van der Waals surface area contributed by atoms with E-state index in [-0.39, 0.29) is 23.1 Å². The maximum atomic E-state index is 9.84. The molecule has 0 bridgehead atoms. The molecule has 0 aromatic heterocycles. The predicted octanol–water partition coefficient (Wildman–Crippen LogP) is -1.81. The minimum Gasteiger partial charge on any atom is -0.547 e. The van der Waals surface area contributed by atoms with Crippen molar-refractivity contribution < 1.29 is 30.0 Å². The van der Waals surface area contributed by atoms with Crippen LogP contribution in [0.5, 0.6) is 0 Å². The molecule has 7 heteroatoms. The Bertz CT molecular complexity index is 210. The SMILES string of the molecule is CCCCC(O)C(=O)[O-].CCCCC(O)C(=O)[O-].[Mg+2]. The van der Waals surface area contributed by atoms with Gasteiger partial charge in [-0.25, -0.2) is 0 Å². The average Bonchev–Trinajstić information content (AvgIpc) is 2.33. The number of carboxylic acid groups (broad SMARTS) is 2. The quantitative estimate of drug-likeness (QED) is 0.508. The van der Waals surface area contributed by atoms with E-state index in [1.165, 1.54) is 0 Å². The van der Waals surface area contributed by atoms with E-state index in [4.69, 9.17) is 10.2 Å².